The number of anilines is 2. The van der Waals surface area contributed by atoms with Crippen LogP contribution in [0, 0.1) is 0 Å². The second-order valence-electron chi connectivity index (χ2n) is 10.7. The predicted molar refractivity (Wildman–Crippen MR) is 154 cm³/mol. The molecule has 0 bridgehead atoms. The smallest absolute Gasteiger partial charge is 0.352 e. The molecule has 2 aromatic rings. The number of nitrogens with one attached hydrogen (secondary N) is 1. The molecule has 4 heterocycles. The number of fused-ring (bicyclic) bond motifs is 1. The number of rotatable bonds is 8. The molecule has 2 saturated heterocycles. The third kappa shape index (κ3) is 5.43. The Morgan fingerprint density at radius 3 is 2.56 bits per heavy atom. The molecule has 1 aromatic heterocycles. The molecule has 2 atom stereocenters. The van der Waals surface area contributed by atoms with E-state index in [1.165, 1.54) is 17.0 Å². The zero-order valence-electron chi connectivity index (χ0n) is 22.9. The van der Waals surface area contributed by atoms with Crippen molar-refractivity contribution < 1.29 is 34.2 Å². The Bertz CT molecular complexity index is 1580. The van der Waals surface area contributed by atoms with E-state index in [-0.39, 0.29) is 46.5 Å². The van der Waals surface area contributed by atoms with E-state index in [4.69, 9.17) is 10.6 Å². The molecule has 3 aliphatic heterocycles. The summed E-state index contributed by atoms with van der Waals surface area (Å²) in [5.41, 5.74) is 6.70. The highest BCUT2D eigenvalue weighted by molar-refractivity contribution is 7.09. The van der Waals surface area contributed by atoms with Crippen LogP contribution in [0.1, 0.15) is 50.8 Å². The molecular formula is C28H29N7O7S. The van der Waals surface area contributed by atoms with Gasteiger partial charge in [-0.1, -0.05) is 5.16 Å². The summed E-state index contributed by atoms with van der Waals surface area (Å²) in [5.74, 6) is -2.82. The Hall–Kier alpha value is -4.79. The zero-order chi connectivity index (χ0) is 30.2. The van der Waals surface area contributed by atoms with E-state index in [1.807, 2.05) is 0 Å². The molecule has 224 valence electrons. The highest BCUT2D eigenvalue weighted by Gasteiger charge is 2.53. The fourth-order valence-electron chi connectivity index (χ4n) is 5.91. The van der Waals surface area contributed by atoms with Crippen molar-refractivity contribution in [1.29, 1.82) is 0 Å². The summed E-state index contributed by atoms with van der Waals surface area (Å²) in [7, 11) is 0. The van der Waals surface area contributed by atoms with Crippen molar-refractivity contribution in [3.05, 3.63) is 53.0 Å². The first-order valence-electron chi connectivity index (χ1n) is 14.0. The van der Waals surface area contributed by atoms with Gasteiger partial charge in [0.25, 0.3) is 17.7 Å². The minimum Gasteiger partial charge on any atom is -0.508 e. The van der Waals surface area contributed by atoms with Gasteiger partial charge in [-0.15, -0.1) is 0 Å². The summed E-state index contributed by atoms with van der Waals surface area (Å²) in [4.78, 5) is 64.4. The van der Waals surface area contributed by atoms with Gasteiger partial charge in [-0.2, -0.15) is 9.36 Å². The second-order valence-corrected chi connectivity index (χ2v) is 11.5. The number of nitrogens with zero attached hydrogens (tertiary/aromatic N) is 5. The first kappa shape index (κ1) is 28.3. The van der Waals surface area contributed by atoms with Gasteiger partial charge in [0.05, 0.1) is 6.04 Å². The maximum absolute atomic E-state index is 13.3. The molecule has 3 fully saturated rings. The largest absolute Gasteiger partial charge is 0.508 e. The average molecular weight is 608 g/mol. The molecule has 1 aromatic carbocycles. The zero-order valence-corrected chi connectivity index (χ0v) is 23.7. The number of nitrogen functional groups attached to an aromatic ring is 1. The number of hydrogen-bond acceptors (Lipinski definition) is 11. The maximum atomic E-state index is 13.3. The van der Waals surface area contributed by atoms with Crippen LogP contribution in [0.5, 0.6) is 5.75 Å². The van der Waals surface area contributed by atoms with Crippen LogP contribution in [0.25, 0.3) is 0 Å². The van der Waals surface area contributed by atoms with Crippen LogP contribution in [-0.2, 0) is 24.0 Å². The number of benzene rings is 1. The summed E-state index contributed by atoms with van der Waals surface area (Å²) in [6, 6.07) is 4.66. The highest BCUT2D eigenvalue weighted by Crippen LogP contribution is 2.38. The van der Waals surface area contributed by atoms with E-state index in [2.05, 4.69) is 19.8 Å². The number of aliphatic carboxylic acids is 1. The van der Waals surface area contributed by atoms with Crippen LogP contribution in [0.4, 0.5) is 10.8 Å². The molecule has 14 nitrogen and oxygen atoms in total. The molecule has 43 heavy (non-hydrogen) atoms. The summed E-state index contributed by atoms with van der Waals surface area (Å²) in [5, 5.41) is 26.5. The molecular weight excluding hydrogens is 578 g/mol. The van der Waals surface area contributed by atoms with E-state index in [1.54, 1.807) is 23.1 Å². The summed E-state index contributed by atoms with van der Waals surface area (Å²) in [6.45, 7) is 0.401. The third-order valence-electron chi connectivity index (χ3n) is 8.06. The van der Waals surface area contributed by atoms with E-state index in [0.29, 0.717) is 36.2 Å². The first-order chi connectivity index (χ1) is 20.7. The van der Waals surface area contributed by atoms with Crippen LogP contribution in [-0.4, -0.2) is 78.6 Å². The molecule has 1 aliphatic carbocycles. The fraction of sp³-hybridized carbons (Fsp3) is 0.393. The number of carboxylic acids is 1. The first-order valence-corrected chi connectivity index (χ1v) is 14.7. The summed E-state index contributed by atoms with van der Waals surface area (Å²) < 4.78 is 4.07. The number of carboxylic acid groups (broad SMARTS) is 1. The standard InChI is InChI=1S/C28H29N7O7S/c29-28-31-23(33-43-28)21(32-42-18-3-1-2-4-18)24(37)30-20-19-10-5-14(22(27(40)41)35(19)26(20)39)13-15-11-12-34(25(15)38)16-6-8-17(36)9-7-16/h6-9,13,18-20,36H,1-5,10-12H2,(H,30,37)(H,40,41)(H2,29,31,33)/b15-13+,32-21-/t19-,20+/m1/s1. The molecule has 6 rings (SSSR count). The number of oxime groups is 1. The number of aromatic nitrogens is 2. The topological polar surface area (TPSA) is 201 Å². The normalized spacial score (nSPS) is 23.5. The van der Waals surface area contributed by atoms with Crippen molar-refractivity contribution in [2.75, 3.05) is 17.2 Å². The van der Waals surface area contributed by atoms with Crippen LogP contribution in [0.2, 0.25) is 0 Å². The number of amides is 3. The highest BCUT2D eigenvalue weighted by atomic mass is 32.1. The van der Waals surface area contributed by atoms with Crippen molar-refractivity contribution >= 4 is 51.8 Å². The van der Waals surface area contributed by atoms with E-state index in [0.717, 1.165) is 37.2 Å². The SMILES string of the molecule is Nc1nc(/C(=N/OC2CCCC2)C(=O)N[C@@H]2C(=O)N3C(C(=O)O)=C(/C=C4\CCN(c5ccc(O)cc5)C4=O)CC[C@H]23)ns1. The second kappa shape index (κ2) is 11.5. The molecule has 0 unspecified atom stereocenters. The molecule has 3 amide bonds. The van der Waals surface area contributed by atoms with Gasteiger partial charge < -0.3 is 31.0 Å². The van der Waals surface area contributed by atoms with Gasteiger partial charge >= 0.3 is 5.97 Å². The van der Waals surface area contributed by atoms with Crippen LogP contribution in [0.15, 0.2) is 52.3 Å². The molecule has 4 aliphatic rings. The van der Waals surface area contributed by atoms with Crippen LogP contribution < -0.4 is 16.0 Å². The Kier molecular flexibility index (Phi) is 7.56. The quantitative estimate of drug-likeness (QED) is 0.148. The monoisotopic (exact) mass is 607 g/mol. The lowest BCUT2D eigenvalue weighted by atomic mass is 9.83. The molecule has 1 saturated carbocycles. The average Bonchev–Trinajstić information content (AvgIpc) is 3.75. The van der Waals surface area contributed by atoms with Crippen molar-refractivity contribution in [2.24, 2.45) is 5.16 Å². The van der Waals surface area contributed by atoms with E-state index in [9.17, 15) is 29.4 Å². The van der Waals surface area contributed by atoms with Crippen molar-refractivity contribution in [3.63, 3.8) is 0 Å². The maximum Gasteiger partial charge on any atom is 0.352 e. The van der Waals surface area contributed by atoms with Crippen LogP contribution in [0.3, 0.4) is 0 Å². The Balaban J connectivity index is 1.19. The van der Waals surface area contributed by atoms with Crippen molar-refractivity contribution in [1.82, 2.24) is 19.6 Å². The number of carbonyl (C=O) groups is 4. The van der Waals surface area contributed by atoms with Gasteiger partial charge in [0, 0.05) is 29.3 Å². The molecule has 15 heteroatoms. The number of carbonyl (C=O) groups excluding carboxylic acids is 3. The molecule has 0 radical (unpaired) electrons. The van der Waals surface area contributed by atoms with E-state index >= 15 is 0 Å². The molecule has 0 spiro atoms. The van der Waals surface area contributed by atoms with Gasteiger partial charge in [-0.05, 0) is 80.9 Å². The number of phenols is 1. The number of hydrogen-bond donors (Lipinski definition) is 4. The lowest BCUT2D eigenvalue weighted by molar-refractivity contribution is -0.155. The number of aromatic hydroxyl groups is 1. The fourth-order valence-corrected chi connectivity index (χ4v) is 6.35. The van der Waals surface area contributed by atoms with Gasteiger partial charge in [0.2, 0.25) is 11.5 Å². The summed E-state index contributed by atoms with van der Waals surface area (Å²) in [6.07, 6.45) is 6.11. The van der Waals surface area contributed by atoms with Gasteiger partial charge in [0.1, 0.15) is 23.6 Å². The van der Waals surface area contributed by atoms with Gasteiger partial charge in [0.15, 0.2) is 5.13 Å². The Labute approximate surface area is 249 Å². The van der Waals surface area contributed by atoms with Gasteiger partial charge in [-0.3, -0.25) is 19.3 Å². The van der Waals surface area contributed by atoms with Crippen molar-refractivity contribution in [2.45, 2.75) is 63.1 Å². The van der Waals surface area contributed by atoms with Crippen LogP contribution >= 0.6 is 11.5 Å². The third-order valence-corrected chi connectivity index (χ3v) is 8.60. The van der Waals surface area contributed by atoms with E-state index < -0.39 is 29.9 Å². The Morgan fingerprint density at radius 1 is 1.14 bits per heavy atom. The Morgan fingerprint density at radius 2 is 1.88 bits per heavy atom. The minimum absolute atomic E-state index is 0.0205. The number of nitrogens with two attached hydrogens (primary N) is 1. The minimum atomic E-state index is -1.30. The lowest BCUT2D eigenvalue weighted by Gasteiger charge is -2.50. The van der Waals surface area contributed by atoms with Crippen molar-refractivity contribution in [3.8, 4) is 5.75 Å². The number of β-lactam (4-membered cyclic amide) rings is 1. The molecule has 5 N–H and O–H groups in total. The summed E-state index contributed by atoms with van der Waals surface area (Å²) >= 11 is 0.893. The predicted octanol–water partition coefficient (Wildman–Crippen LogP) is 1.68. The number of allylic oxidation sites excluding steroid dienone is 2. The number of phenolic OH excluding ortho intramolecular Hbond substituents is 1. The lowest BCUT2D eigenvalue weighted by Crippen LogP contribution is -2.72. The van der Waals surface area contributed by atoms with Gasteiger partial charge in [-0.25, -0.2) is 4.79 Å².